The van der Waals surface area contributed by atoms with Crippen molar-refractivity contribution in [3.63, 3.8) is 0 Å². The van der Waals surface area contributed by atoms with Crippen LogP contribution in [0.1, 0.15) is 0 Å². The number of hydrogen-bond donors (Lipinski definition) is 10. The monoisotopic (exact) mass is 402 g/mol. The van der Waals surface area contributed by atoms with Crippen molar-refractivity contribution in [3.8, 4) is 0 Å². The molecule has 0 bridgehead atoms. The van der Waals surface area contributed by atoms with Gasteiger partial charge in [-0.3, -0.25) is 14.3 Å². The predicted octanol–water partition coefficient (Wildman–Crippen LogP) is -5.15. The lowest BCUT2D eigenvalue weighted by atomic mass is 9.99. The highest BCUT2D eigenvalue weighted by Gasteiger charge is 2.42. The molecule has 0 radical (unpaired) electrons. The molecule has 0 rings (SSSR count). The zero-order valence-electron chi connectivity index (χ0n) is 11.4. The predicted molar refractivity (Wildman–Crippen MR) is 67.3 cm³/mol. The Bertz CT molecular complexity index is 510. The number of hydrogen-bond acceptors (Lipinski definition) is 11. The van der Waals surface area contributed by atoms with Crippen LogP contribution in [0, 0.1) is 0 Å². The van der Waals surface area contributed by atoms with Crippen LogP contribution >= 0.6 is 15.6 Å². The van der Waals surface area contributed by atoms with Gasteiger partial charge in [-0.2, -0.15) is 0 Å². The number of rotatable bonds is 9. The van der Waals surface area contributed by atoms with Gasteiger partial charge in [0, 0.05) is 0 Å². The van der Waals surface area contributed by atoms with Gasteiger partial charge in [0.25, 0.3) is 0 Å². The first-order chi connectivity index (χ1) is 10.6. The molecule has 1 unspecified atom stereocenters. The summed E-state index contributed by atoms with van der Waals surface area (Å²) < 4.78 is 27.8. The number of carbonyl (C=O) groups excluding carboxylic acids is 1. The van der Waals surface area contributed by atoms with Gasteiger partial charge < -0.3 is 44.9 Å². The molecule has 0 amide bonds. The maximum absolute atomic E-state index is 11.1. The number of aliphatic hydroxyl groups excluding tert-OH is 6. The Kier molecular flexibility index (Phi) is 8.55. The highest BCUT2D eigenvalue weighted by atomic mass is 31.2. The Balaban J connectivity index is 4.92. The summed E-state index contributed by atoms with van der Waals surface area (Å²) in [5, 5.41) is 55.9. The fraction of sp³-hybridized carbons (Fsp3) is 0.857. The average Bonchev–Trinajstić information content (AvgIpc) is 2.39. The Labute approximate surface area is 132 Å². The minimum Gasteiger partial charge on any atom is -0.387 e. The van der Waals surface area contributed by atoms with E-state index in [-0.39, 0.29) is 0 Å². The molecular formula is C7H16O15P2. The van der Waals surface area contributed by atoms with Crippen LogP contribution in [0.25, 0.3) is 0 Å². The summed E-state index contributed by atoms with van der Waals surface area (Å²) in [5.74, 6) is -2.09. The molecule has 24 heavy (non-hydrogen) atoms. The molecule has 0 saturated carbocycles. The first kappa shape index (κ1) is 23.5. The third kappa shape index (κ3) is 8.04. The number of phosphoric acid groups is 2. The van der Waals surface area contributed by atoms with Gasteiger partial charge in [0.2, 0.25) is 0 Å². The van der Waals surface area contributed by atoms with Gasteiger partial charge in [0.15, 0.2) is 12.4 Å². The summed E-state index contributed by atoms with van der Waals surface area (Å²) in [7, 11) is -10.7. The minimum atomic E-state index is -5.39. The Morgan fingerprint density at radius 2 is 1.12 bits per heavy atom. The standard InChI is InChI=1S/C7H16O15P2/c8-1(2(9)4(11)6(13)21-23(15,16)17)3(10)5(12)7(14)22-24(18,19)20/h1-6,8-13H,(H2,15,16,17)(H2,18,19,20)/t1-,2+,3+,4-,5+,6?/m1/s1. The van der Waals surface area contributed by atoms with Crippen LogP contribution in [0.2, 0.25) is 0 Å². The largest absolute Gasteiger partial charge is 0.527 e. The van der Waals surface area contributed by atoms with Crippen molar-refractivity contribution in [2.24, 2.45) is 0 Å². The fourth-order valence-corrected chi connectivity index (χ4v) is 2.02. The zero-order chi connectivity index (χ0) is 19.5. The van der Waals surface area contributed by atoms with Gasteiger partial charge in [-0.1, -0.05) is 0 Å². The van der Waals surface area contributed by atoms with E-state index in [1.165, 1.54) is 0 Å². The molecule has 0 saturated heterocycles. The summed E-state index contributed by atoms with van der Waals surface area (Å²) in [4.78, 5) is 44.5. The van der Waals surface area contributed by atoms with E-state index in [9.17, 15) is 39.5 Å². The molecule has 10 N–H and O–H groups in total. The first-order valence-electron chi connectivity index (χ1n) is 5.68. The van der Waals surface area contributed by atoms with E-state index in [0.29, 0.717) is 0 Å². The SMILES string of the molecule is O=C(OP(=O)(O)O)[C@@H](O)[C@@H](O)[C@H](O)[C@H](O)[C@@H](O)C(O)OP(=O)(O)O. The van der Waals surface area contributed by atoms with Gasteiger partial charge in [-0.15, -0.1) is 0 Å². The highest BCUT2D eigenvalue weighted by Crippen LogP contribution is 2.38. The first-order valence-corrected chi connectivity index (χ1v) is 8.74. The smallest absolute Gasteiger partial charge is 0.387 e. The molecular weight excluding hydrogens is 386 g/mol. The quantitative estimate of drug-likeness (QED) is 0.127. The van der Waals surface area contributed by atoms with Crippen LogP contribution in [0.5, 0.6) is 0 Å². The van der Waals surface area contributed by atoms with Crippen LogP contribution in [-0.2, 0) is 23.0 Å². The molecule has 17 heteroatoms. The number of aliphatic hydroxyl groups is 6. The molecule has 144 valence electrons. The van der Waals surface area contributed by atoms with Crippen molar-refractivity contribution in [3.05, 3.63) is 0 Å². The third-order valence-electron chi connectivity index (χ3n) is 2.36. The number of carbonyl (C=O) groups is 1. The minimum absolute atomic E-state index is 2.09. The third-order valence-corrected chi connectivity index (χ3v) is 3.27. The molecule has 6 atom stereocenters. The summed E-state index contributed by atoms with van der Waals surface area (Å²) in [6, 6.07) is 0. The summed E-state index contributed by atoms with van der Waals surface area (Å²) >= 11 is 0. The van der Waals surface area contributed by atoms with Crippen LogP contribution in [0.15, 0.2) is 0 Å². The van der Waals surface area contributed by atoms with Crippen LogP contribution < -0.4 is 0 Å². The zero-order valence-corrected chi connectivity index (χ0v) is 13.2. The van der Waals surface area contributed by atoms with Crippen LogP contribution in [-0.4, -0.2) is 93.0 Å². The Morgan fingerprint density at radius 3 is 1.50 bits per heavy atom. The molecule has 0 aliphatic rings. The summed E-state index contributed by atoms with van der Waals surface area (Å²) in [6.45, 7) is 0. The Morgan fingerprint density at radius 1 is 0.708 bits per heavy atom. The fourth-order valence-electron chi connectivity index (χ4n) is 1.27. The molecule has 0 aromatic rings. The molecule has 0 aromatic heterocycles. The maximum Gasteiger partial charge on any atom is 0.527 e. The van der Waals surface area contributed by atoms with Crippen molar-refractivity contribution >= 4 is 21.6 Å². The molecule has 0 heterocycles. The second-order valence-corrected chi connectivity index (χ2v) is 6.65. The summed E-state index contributed by atoms with van der Waals surface area (Å²) in [5.41, 5.74) is 0. The van der Waals surface area contributed by atoms with Gasteiger partial charge in [0.05, 0.1) is 0 Å². The van der Waals surface area contributed by atoms with Crippen LogP contribution in [0.3, 0.4) is 0 Å². The second kappa shape index (κ2) is 8.73. The Hall–Kier alpha value is -0.510. The van der Waals surface area contributed by atoms with E-state index >= 15 is 0 Å². The molecule has 0 aliphatic heterocycles. The molecule has 0 aromatic carbocycles. The second-order valence-electron chi connectivity index (χ2n) is 4.29. The average molecular weight is 402 g/mol. The van der Waals surface area contributed by atoms with E-state index in [1.54, 1.807) is 0 Å². The molecule has 0 aliphatic carbocycles. The van der Waals surface area contributed by atoms with Gasteiger partial charge in [-0.25, -0.2) is 13.9 Å². The topological polar surface area (TPSA) is 272 Å². The molecule has 0 spiro atoms. The van der Waals surface area contributed by atoms with Crippen molar-refractivity contribution in [2.75, 3.05) is 0 Å². The lowest BCUT2D eigenvalue weighted by Crippen LogP contribution is -2.54. The highest BCUT2D eigenvalue weighted by molar-refractivity contribution is 7.47. The van der Waals surface area contributed by atoms with Crippen molar-refractivity contribution in [2.45, 2.75) is 36.8 Å². The van der Waals surface area contributed by atoms with Crippen molar-refractivity contribution in [1.29, 1.82) is 0 Å². The maximum atomic E-state index is 11.1. The van der Waals surface area contributed by atoms with E-state index in [0.717, 1.165) is 0 Å². The van der Waals surface area contributed by atoms with E-state index in [4.69, 9.17) is 24.7 Å². The summed E-state index contributed by atoms with van der Waals surface area (Å²) in [6.07, 6.45) is -16.1. The van der Waals surface area contributed by atoms with Crippen LogP contribution in [0.4, 0.5) is 0 Å². The molecule has 15 nitrogen and oxygen atoms in total. The number of phosphoric ester groups is 2. The lowest BCUT2D eigenvalue weighted by Gasteiger charge is -2.30. The van der Waals surface area contributed by atoms with E-state index in [2.05, 4.69) is 9.05 Å². The van der Waals surface area contributed by atoms with Crippen molar-refractivity contribution in [1.82, 2.24) is 0 Å². The van der Waals surface area contributed by atoms with E-state index in [1.807, 2.05) is 0 Å². The van der Waals surface area contributed by atoms with Gasteiger partial charge in [-0.05, 0) is 0 Å². The normalized spacial score (nSPS) is 20.6. The van der Waals surface area contributed by atoms with E-state index < -0.39 is 58.4 Å². The van der Waals surface area contributed by atoms with Crippen molar-refractivity contribution < 1.29 is 73.2 Å². The van der Waals surface area contributed by atoms with Gasteiger partial charge in [0.1, 0.15) is 24.4 Å². The lowest BCUT2D eigenvalue weighted by molar-refractivity contribution is -0.194. The molecule has 0 fully saturated rings. The van der Waals surface area contributed by atoms with Gasteiger partial charge >= 0.3 is 21.6 Å².